The van der Waals surface area contributed by atoms with Gasteiger partial charge in [0, 0.05) is 30.4 Å². The Labute approximate surface area is 159 Å². The number of nitrogens with two attached hydrogens (primary N) is 1. The Kier molecular flexibility index (Phi) is 4.99. The maximum absolute atomic E-state index is 14.7. The van der Waals surface area contributed by atoms with Crippen molar-refractivity contribution in [2.45, 2.75) is 50.6 Å². The molecule has 2 aromatic heterocycles. The highest BCUT2D eigenvalue weighted by molar-refractivity contribution is 5.53. The minimum Gasteiger partial charge on any atom is -0.337 e. The first-order valence-corrected chi connectivity index (χ1v) is 9.82. The maximum atomic E-state index is 14.7. The second-order valence-corrected chi connectivity index (χ2v) is 8.16. The van der Waals surface area contributed by atoms with Crippen LogP contribution in [0.25, 0.3) is 0 Å². The van der Waals surface area contributed by atoms with E-state index in [2.05, 4.69) is 31.5 Å². The van der Waals surface area contributed by atoms with Crippen molar-refractivity contribution in [3.63, 3.8) is 0 Å². The lowest BCUT2D eigenvalue weighted by molar-refractivity contribution is 0.128. The molecule has 0 bridgehead atoms. The first-order valence-electron chi connectivity index (χ1n) is 9.82. The predicted octanol–water partition coefficient (Wildman–Crippen LogP) is 3.11. The van der Waals surface area contributed by atoms with Crippen molar-refractivity contribution in [3.8, 4) is 0 Å². The molecule has 2 fully saturated rings. The lowest BCUT2D eigenvalue weighted by Gasteiger charge is -2.39. The summed E-state index contributed by atoms with van der Waals surface area (Å²) in [5.74, 6) is 2.61. The van der Waals surface area contributed by atoms with Crippen LogP contribution in [0.4, 0.5) is 22.0 Å². The number of hydrogen-bond acceptors (Lipinski definition) is 6. The van der Waals surface area contributed by atoms with Gasteiger partial charge >= 0.3 is 0 Å². The summed E-state index contributed by atoms with van der Waals surface area (Å²) in [5, 5.41) is 10.7. The van der Waals surface area contributed by atoms with Crippen molar-refractivity contribution in [2.24, 2.45) is 11.7 Å². The minimum atomic E-state index is -1.28. The van der Waals surface area contributed by atoms with E-state index in [4.69, 9.17) is 5.73 Å². The van der Waals surface area contributed by atoms with Crippen LogP contribution in [-0.2, 0) is 0 Å². The average molecular weight is 373 g/mol. The highest BCUT2D eigenvalue weighted by atomic mass is 19.1. The molecule has 2 atom stereocenters. The van der Waals surface area contributed by atoms with Crippen LogP contribution >= 0.6 is 0 Å². The predicted molar refractivity (Wildman–Crippen MR) is 104 cm³/mol. The van der Waals surface area contributed by atoms with Gasteiger partial charge in [0.25, 0.3) is 0 Å². The van der Waals surface area contributed by atoms with Crippen molar-refractivity contribution < 1.29 is 4.39 Å². The molecule has 2 aromatic rings. The summed E-state index contributed by atoms with van der Waals surface area (Å²) in [6.07, 6.45) is 7.19. The molecule has 3 heterocycles. The fraction of sp³-hybridized carbons (Fsp3) is 0.632. The smallest absolute Gasteiger partial charge is 0.227 e. The van der Waals surface area contributed by atoms with Crippen LogP contribution in [0.5, 0.6) is 0 Å². The normalized spacial score (nSPS) is 26.5. The number of alkyl halides is 1. The van der Waals surface area contributed by atoms with E-state index in [9.17, 15) is 4.39 Å². The number of rotatable bonds is 5. The number of H-pyrrole nitrogens is 1. The molecule has 0 radical (unpaired) electrons. The van der Waals surface area contributed by atoms with Crippen molar-refractivity contribution in [1.29, 1.82) is 0 Å². The number of anilines is 3. The quantitative estimate of drug-likeness (QED) is 0.745. The van der Waals surface area contributed by atoms with E-state index in [0.29, 0.717) is 37.2 Å². The molecule has 8 heteroatoms. The molecule has 27 heavy (non-hydrogen) atoms. The number of nitrogens with one attached hydrogen (secondary N) is 2. The third-order valence-electron chi connectivity index (χ3n) is 5.62. The lowest BCUT2D eigenvalue weighted by Crippen LogP contribution is -2.50. The lowest BCUT2D eigenvalue weighted by atomic mass is 9.88. The third-order valence-corrected chi connectivity index (χ3v) is 5.62. The molecule has 2 aliphatic rings. The summed E-state index contributed by atoms with van der Waals surface area (Å²) in [7, 11) is 0. The topological polar surface area (TPSA) is 95.8 Å². The van der Waals surface area contributed by atoms with Crippen LogP contribution in [0.2, 0.25) is 0 Å². The molecule has 4 N–H and O–H groups in total. The third kappa shape index (κ3) is 4.21. The zero-order chi connectivity index (χ0) is 18.9. The average Bonchev–Trinajstić information content (AvgIpc) is 3.32. The summed E-state index contributed by atoms with van der Waals surface area (Å²) >= 11 is 0. The second kappa shape index (κ2) is 7.42. The van der Waals surface area contributed by atoms with Crippen molar-refractivity contribution in [3.05, 3.63) is 24.0 Å². The summed E-state index contributed by atoms with van der Waals surface area (Å²) in [6, 6.07) is 3.86. The van der Waals surface area contributed by atoms with Crippen LogP contribution in [-0.4, -0.2) is 45.5 Å². The molecule has 7 nitrogen and oxygen atoms in total. The fourth-order valence-electron chi connectivity index (χ4n) is 4.36. The van der Waals surface area contributed by atoms with Gasteiger partial charge in [-0.05, 0) is 44.7 Å². The van der Waals surface area contributed by atoms with Gasteiger partial charge in [-0.15, -0.1) is 0 Å². The summed E-state index contributed by atoms with van der Waals surface area (Å²) in [4.78, 5) is 10.8. The highest BCUT2D eigenvalue weighted by Gasteiger charge is 2.36. The number of piperidine rings is 1. The monoisotopic (exact) mass is 373 g/mol. The van der Waals surface area contributed by atoms with Crippen molar-refractivity contribution >= 4 is 17.6 Å². The zero-order valence-electron chi connectivity index (χ0n) is 15.8. The SMILES string of the molecule is CC1(F)CC(CN)CN(c2nccc(Nc3cc(C4CCCC4)[nH]n3)n2)C1. The Morgan fingerprint density at radius 3 is 2.96 bits per heavy atom. The number of halogens is 1. The van der Waals surface area contributed by atoms with E-state index in [-0.39, 0.29) is 12.5 Å². The van der Waals surface area contributed by atoms with Gasteiger partial charge in [-0.1, -0.05) is 12.8 Å². The molecule has 1 aliphatic heterocycles. The molecule has 0 spiro atoms. The van der Waals surface area contributed by atoms with Gasteiger partial charge in [0.15, 0.2) is 5.82 Å². The van der Waals surface area contributed by atoms with Gasteiger partial charge in [-0.2, -0.15) is 10.1 Å². The van der Waals surface area contributed by atoms with Crippen LogP contribution in [0.3, 0.4) is 0 Å². The van der Waals surface area contributed by atoms with Gasteiger partial charge in [0.2, 0.25) is 5.95 Å². The molecule has 4 rings (SSSR count). The van der Waals surface area contributed by atoms with E-state index >= 15 is 0 Å². The van der Waals surface area contributed by atoms with Crippen molar-refractivity contribution in [2.75, 3.05) is 29.9 Å². The molecule has 1 aliphatic carbocycles. The Morgan fingerprint density at radius 1 is 1.37 bits per heavy atom. The number of hydrogen-bond donors (Lipinski definition) is 3. The van der Waals surface area contributed by atoms with E-state index in [0.717, 1.165) is 5.82 Å². The molecule has 1 saturated carbocycles. The number of aromatic nitrogens is 4. The Balaban J connectivity index is 1.47. The summed E-state index contributed by atoms with van der Waals surface area (Å²) in [5.41, 5.74) is 5.69. The van der Waals surface area contributed by atoms with Gasteiger partial charge in [0.1, 0.15) is 11.5 Å². The Morgan fingerprint density at radius 2 is 2.19 bits per heavy atom. The molecule has 146 valence electrons. The zero-order valence-corrected chi connectivity index (χ0v) is 15.8. The summed E-state index contributed by atoms with van der Waals surface area (Å²) < 4.78 is 14.7. The Hall–Kier alpha value is -2.22. The number of nitrogens with zero attached hydrogens (tertiary/aromatic N) is 4. The van der Waals surface area contributed by atoms with E-state index in [1.807, 2.05) is 4.90 Å². The molecular weight excluding hydrogens is 345 g/mol. The molecule has 1 saturated heterocycles. The number of aromatic amines is 1. The van der Waals surface area contributed by atoms with E-state index < -0.39 is 5.67 Å². The van der Waals surface area contributed by atoms with Crippen molar-refractivity contribution in [1.82, 2.24) is 20.2 Å². The summed E-state index contributed by atoms with van der Waals surface area (Å²) in [6.45, 7) is 3.04. The van der Waals surface area contributed by atoms with Crippen LogP contribution in [0, 0.1) is 5.92 Å². The van der Waals surface area contributed by atoms with Gasteiger partial charge in [0.05, 0.1) is 6.54 Å². The first-order chi connectivity index (χ1) is 13.0. The van der Waals surface area contributed by atoms with Crippen LogP contribution < -0.4 is 16.0 Å². The van der Waals surface area contributed by atoms with E-state index in [1.54, 1.807) is 19.2 Å². The maximum Gasteiger partial charge on any atom is 0.227 e. The molecular formula is C19H28FN7. The van der Waals surface area contributed by atoms with Crippen LogP contribution in [0.15, 0.2) is 18.3 Å². The van der Waals surface area contributed by atoms with E-state index in [1.165, 1.54) is 31.4 Å². The highest BCUT2D eigenvalue weighted by Crippen LogP contribution is 2.34. The molecule has 0 amide bonds. The van der Waals surface area contributed by atoms with Gasteiger partial charge < -0.3 is 16.0 Å². The van der Waals surface area contributed by atoms with Gasteiger partial charge in [-0.25, -0.2) is 9.37 Å². The largest absolute Gasteiger partial charge is 0.337 e. The van der Waals surface area contributed by atoms with Crippen LogP contribution in [0.1, 0.15) is 50.6 Å². The minimum absolute atomic E-state index is 0.106. The molecule has 2 unspecified atom stereocenters. The molecule has 0 aromatic carbocycles. The fourth-order valence-corrected chi connectivity index (χ4v) is 4.36. The van der Waals surface area contributed by atoms with Gasteiger partial charge in [-0.3, -0.25) is 5.10 Å². The first kappa shape index (κ1) is 18.2. The second-order valence-electron chi connectivity index (χ2n) is 8.16. The standard InChI is InChI=1S/C19H28FN7/c1-19(20)9-13(10-21)11-27(12-19)18-22-7-6-16(24-18)23-17-8-15(25-26-17)14-4-2-3-5-14/h6-8,13-14H,2-5,9-12,21H2,1H3,(H2,22,23,24,25,26). The Bertz CT molecular complexity index is 769.